The van der Waals surface area contributed by atoms with Crippen molar-refractivity contribution in [3.63, 3.8) is 0 Å². The lowest BCUT2D eigenvalue weighted by Gasteiger charge is -2.22. The number of ether oxygens (including phenoxy) is 2. The number of hydrogen-bond donors (Lipinski definition) is 0. The van der Waals surface area contributed by atoms with Gasteiger partial charge in [-0.15, -0.1) is 0 Å². The molecule has 1 unspecified atom stereocenters. The van der Waals surface area contributed by atoms with Crippen LogP contribution in [-0.4, -0.2) is 24.9 Å². The second kappa shape index (κ2) is 3.35. The molecule has 12 heavy (non-hydrogen) atoms. The van der Waals surface area contributed by atoms with Crippen LogP contribution in [0.5, 0.6) is 0 Å². The van der Waals surface area contributed by atoms with Crippen LogP contribution in [0.2, 0.25) is 0 Å². The van der Waals surface area contributed by atoms with Crippen LogP contribution >= 0.6 is 0 Å². The van der Waals surface area contributed by atoms with Gasteiger partial charge in [0.1, 0.15) is 0 Å². The van der Waals surface area contributed by atoms with E-state index in [0.29, 0.717) is 0 Å². The van der Waals surface area contributed by atoms with Gasteiger partial charge in [0.2, 0.25) is 0 Å². The van der Waals surface area contributed by atoms with Crippen LogP contribution in [0.3, 0.4) is 0 Å². The predicted molar refractivity (Wildman–Crippen MR) is 49.3 cm³/mol. The van der Waals surface area contributed by atoms with E-state index in [1.807, 2.05) is 0 Å². The average molecular weight is 172 g/mol. The zero-order valence-corrected chi connectivity index (χ0v) is 8.64. The van der Waals surface area contributed by atoms with Crippen LogP contribution in [-0.2, 0) is 9.47 Å². The molecule has 2 heteroatoms. The Morgan fingerprint density at radius 2 is 2.08 bits per heavy atom. The molecule has 2 nitrogen and oxygen atoms in total. The Hall–Kier alpha value is -0.0800. The topological polar surface area (TPSA) is 21.8 Å². The van der Waals surface area contributed by atoms with Gasteiger partial charge in [-0.1, -0.05) is 0 Å². The van der Waals surface area contributed by atoms with Crippen molar-refractivity contribution in [2.45, 2.75) is 51.2 Å². The van der Waals surface area contributed by atoms with Crippen LogP contribution in [0.25, 0.3) is 0 Å². The molecule has 0 spiro atoms. The van der Waals surface area contributed by atoms with Crippen molar-refractivity contribution < 1.29 is 9.47 Å². The van der Waals surface area contributed by atoms with Crippen molar-refractivity contribution in [2.24, 2.45) is 0 Å². The summed E-state index contributed by atoms with van der Waals surface area (Å²) >= 11 is 0. The van der Waals surface area contributed by atoms with E-state index < -0.39 is 0 Å². The largest absolute Gasteiger partial charge is 0.379 e. The van der Waals surface area contributed by atoms with Gasteiger partial charge < -0.3 is 9.47 Å². The number of methoxy groups -OCH3 is 1. The summed E-state index contributed by atoms with van der Waals surface area (Å²) in [4.78, 5) is 0. The summed E-state index contributed by atoms with van der Waals surface area (Å²) in [6.45, 7) is 7.37. The normalized spacial score (nSPS) is 29.0. The van der Waals surface area contributed by atoms with E-state index in [1.165, 1.54) is 12.8 Å². The highest BCUT2D eigenvalue weighted by molar-refractivity contribution is 4.87. The fraction of sp³-hybridized carbons (Fsp3) is 1.00. The minimum Gasteiger partial charge on any atom is -0.379 e. The van der Waals surface area contributed by atoms with Crippen LogP contribution < -0.4 is 0 Å². The van der Waals surface area contributed by atoms with Crippen molar-refractivity contribution >= 4 is 0 Å². The molecule has 0 amide bonds. The maximum atomic E-state index is 5.33. The van der Waals surface area contributed by atoms with E-state index in [2.05, 4.69) is 20.8 Å². The Balaban J connectivity index is 2.09. The molecule has 1 saturated heterocycles. The molecule has 1 fully saturated rings. The lowest BCUT2D eigenvalue weighted by atomic mass is 9.97. The van der Waals surface area contributed by atoms with Gasteiger partial charge in [-0.3, -0.25) is 0 Å². The first-order chi connectivity index (χ1) is 5.47. The van der Waals surface area contributed by atoms with E-state index >= 15 is 0 Å². The molecule has 0 aromatic heterocycles. The van der Waals surface area contributed by atoms with E-state index in [0.717, 1.165) is 13.0 Å². The number of epoxide rings is 1. The van der Waals surface area contributed by atoms with Gasteiger partial charge in [0.25, 0.3) is 0 Å². The summed E-state index contributed by atoms with van der Waals surface area (Å²) in [6.07, 6.45) is 3.47. The highest BCUT2D eigenvalue weighted by atomic mass is 16.6. The molecule has 0 radical (unpaired) electrons. The molecule has 0 aromatic carbocycles. The van der Waals surface area contributed by atoms with Gasteiger partial charge in [-0.05, 0) is 40.0 Å². The van der Waals surface area contributed by atoms with Gasteiger partial charge >= 0.3 is 0 Å². The molecule has 0 aliphatic carbocycles. The molecule has 1 aliphatic heterocycles. The van der Waals surface area contributed by atoms with Crippen molar-refractivity contribution in [1.29, 1.82) is 0 Å². The Labute approximate surface area is 75.2 Å². The molecule has 1 rings (SSSR count). The molecular weight excluding hydrogens is 152 g/mol. The summed E-state index contributed by atoms with van der Waals surface area (Å²) < 4.78 is 10.6. The summed E-state index contributed by atoms with van der Waals surface area (Å²) in [7, 11) is 1.77. The minimum absolute atomic E-state index is 0.0330. The monoisotopic (exact) mass is 172 g/mol. The third-order valence-electron chi connectivity index (χ3n) is 2.67. The first-order valence-electron chi connectivity index (χ1n) is 4.67. The fourth-order valence-electron chi connectivity index (χ4n) is 1.26. The SMILES string of the molecule is COC(C)(C)CCCC1(C)CO1. The Kier molecular flexibility index (Phi) is 2.79. The second-order valence-corrected chi connectivity index (χ2v) is 4.56. The van der Waals surface area contributed by atoms with Crippen molar-refractivity contribution in [3.8, 4) is 0 Å². The molecule has 0 bridgehead atoms. The minimum atomic E-state index is 0.0330. The summed E-state index contributed by atoms with van der Waals surface area (Å²) in [5.41, 5.74) is 0.245. The summed E-state index contributed by atoms with van der Waals surface area (Å²) in [6, 6.07) is 0. The van der Waals surface area contributed by atoms with E-state index in [4.69, 9.17) is 9.47 Å². The maximum absolute atomic E-state index is 5.33. The fourth-order valence-corrected chi connectivity index (χ4v) is 1.26. The van der Waals surface area contributed by atoms with E-state index in [1.54, 1.807) is 7.11 Å². The molecule has 72 valence electrons. The highest BCUT2D eigenvalue weighted by Crippen LogP contribution is 2.32. The third kappa shape index (κ3) is 3.11. The quantitative estimate of drug-likeness (QED) is 0.594. The Morgan fingerprint density at radius 1 is 1.50 bits per heavy atom. The van der Waals surface area contributed by atoms with Crippen molar-refractivity contribution in [1.82, 2.24) is 0 Å². The summed E-state index contributed by atoms with van der Waals surface area (Å²) in [5, 5.41) is 0. The highest BCUT2D eigenvalue weighted by Gasteiger charge is 2.38. The van der Waals surface area contributed by atoms with Crippen LogP contribution in [0.4, 0.5) is 0 Å². The van der Waals surface area contributed by atoms with E-state index in [9.17, 15) is 0 Å². The Bertz CT molecular complexity index is 148. The molecule has 1 atom stereocenters. The molecule has 0 N–H and O–H groups in total. The molecule has 1 heterocycles. The van der Waals surface area contributed by atoms with Gasteiger partial charge in [0, 0.05) is 7.11 Å². The first-order valence-corrected chi connectivity index (χ1v) is 4.67. The lowest BCUT2D eigenvalue weighted by Crippen LogP contribution is -2.22. The lowest BCUT2D eigenvalue weighted by molar-refractivity contribution is 0.0124. The number of rotatable bonds is 5. The van der Waals surface area contributed by atoms with E-state index in [-0.39, 0.29) is 11.2 Å². The second-order valence-electron chi connectivity index (χ2n) is 4.56. The molecular formula is C10H20O2. The van der Waals surface area contributed by atoms with Crippen molar-refractivity contribution in [2.75, 3.05) is 13.7 Å². The number of hydrogen-bond acceptors (Lipinski definition) is 2. The maximum Gasteiger partial charge on any atom is 0.0888 e. The van der Waals surface area contributed by atoms with Gasteiger partial charge in [-0.25, -0.2) is 0 Å². The standard InChI is InChI=1S/C10H20O2/c1-9(2,11-4)6-5-7-10(3)8-12-10/h5-8H2,1-4H3. The van der Waals surface area contributed by atoms with Crippen LogP contribution in [0, 0.1) is 0 Å². The molecule has 1 aliphatic rings. The Morgan fingerprint density at radius 3 is 2.50 bits per heavy atom. The zero-order valence-electron chi connectivity index (χ0n) is 8.64. The summed E-state index contributed by atoms with van der Waals surface area (Å²) in [5.74, 6) is 0. The van der Waals surface area contributed by atoms with Gasteiger partial charge in [0.15, 0.2) is 0 Å². The average Bonchev–Trinajstić information content (AvgIpc) is 2.68. The molecule has 0 aromatic rings. The van der Waals surface area contributed by atoms with Crippen LogP contribution in [0.15, 0.2) is 0 Å². The first kappa shape index (κ1) is 10.0. The van der Waals surface area contributed by atoms with Gasteiger partial charge in [-0.2, -0.15) is 0 Å². The third-order valence-corrected chi connectivity index (χ3v) is 2.67. The predicted octanol–water partition coefficient (Wildman–Crippen LogP) is 2.37. The smallest absolute Gasteiger partial charge is 0.0888 e. The van der Waals surface area contributed by atoms with Gasteiger partial charge in [0.05, 0.1) is 17.8 Å². The zero-order chi connectivity index (χ0) is 9.24. The van der Waals surface area contributed by atoms with Crippen LogP contribution in [0.1, 0.15) is 40.0 Å². The molecule has 0 saturated carbocycles. The van der Waals surface area contributed by atoms with Crippen molar-refractivity contribution in [3.05, 3.63) is 0 Å².